The normalized spacial score (nSPS) is 12.6. The molecule has 0 amide bonds. The summed E-state index contributed by atoms with van der Waals surface area (Å²) in [4.78, 5) is 4.55. The van der Waals surface area contributed by atoms with E-state index in [0.29, 0.717) is 0 Å². The van der Waals surface area contributed by atoms with Crippen molar-refractivity contribution in [3.05, 3.63) is 41.5 Å². The minimum Gasteiger partial charge on any atom is -0.309 e. The summed E-state index contributed by atoms with van der Waals surface area (Å²) < 4.78 is 1.73. The van der Waals surface area contributed by atoms with Gasteiger partial charge in [-0.05, 0) is 24.6 Å². The second-order valence-corrected chi connectivity index (χ2v) is 4.60. The molecule has 1 unspecified atom stereocenters. The number of likely N-dealkylation sites (N-methyl/N-ethyl adjacent to an activating group) is 1. The molecule has 0 aliphatic rings. The summed E-state index contributed by atoms with van der Waals surface area (Å²) >= 11 is 0. The zero-order valence-corrected chi connectivity index (χ0v) is 11.8. The first-order chi connectivity index (χ1) is 9.24. The largest absolute Gasteiger partial charge is 0.309 e. The molecule has 102 valence electrons. The molecule has 2 aromatic rings. The third-order valence-corrected chi connectivity index (χ3v) is 3.15. The van der Waals surface area contributed by atoms with Crippen LogP contribution in [0, 0.1) is 0 Å². The van der Waals surface area contributed by atoms with Crippen molar-refractivity contribution in [1.29, 1.82) is 0 Å². The molecule has 5 nitrogen and oxygen atoms in total. The molecule has 0 bridgehead atoms. The molecule has 0 spiro atoms. The minimum absolute atomic E-state index is 0.192. The molecular weight excluding hydrogens is 238 g/mol. The van der Waals surface area contributed by atoms with Crippen molar-refractivity contribution in [3.8, 4) is 0 Å². The molecule has 0 saturated carbocycles. The molecule has 0 fully saturated rings. The van der Waals surface area contributed by atoms with Gasteiger partial charge in [-0.1, -0.05) is 25.1 Å². The molecule has 0 aliphatic carbocycles. The van der Waals surface area contributed by atoms with Crippen LogP contribution in [0.3, 0.4) is 0 Å². The Morgan fingerprint density at radius 3 is 2.84 bits per heavy atom. The smallest absolute Gasteiger partial charge is 0.0846 e. The van der Waals surface area contributed by atoms with E-state index in [-0.39, 0.29) is 6.04 Å². The highest BCUT2D eigenvalue weighted by Gasteiger charge is 2.17. The third-order valence-electron chi connectivity index (χ3n) is 3.15. The van der Waals surface area contributed by atoms with Crippen LogP contribution in [-0.2, 0) is 19.9 Å². The van der Waals surface area contributed by atoms with Gasteiger partial charge in [-0.25, -0.2) is 0 Å². The van der Waals surface area contributed by atoms with Gasteiger partial charge in [0, 0.05) is 25.9 Å². The van der Waals surface area contributed by atoms with Crippen molar-refractivity contribution in [2.24, 2.45) is 7.05 Å². The first-order valence-corrected chi connectivity index (χ1v) is 6.77. The Kier molecular flexibility index (Phi) is 4.63. The number of rotatable bonds is 6. The predicted octanol–water partition coefficient (Wildman–Crippen LogP) is 1.67. The van der Waals surface area contributed by atoms with Crippen LogP contribution in [0.4, 0.5) is 0 Å². The van der Waals surface area contributed by atoms with Crippen LogP contribution in [0.25, 0.3) is 0 Å². The third kappa shape index (κ3) is 3.38. The molecule has 0 radical (unpaired) electrons. The maximum Gasteiger partial charge on any atom is 0.0846 e. The highest BCUT2D eigenvalue weighted by atomic mass is 15.4. The number of hydrogen-bond donors (Lipinski definition) is 1. The summed E-state index contributed by atoms with van der Waals surface area (Å²) in [6, 6.07) is 4.33. The zero-order chi connectivity index (χ0) is 13.7. The van der Waals surface area contributed by atoms with Crippen molar-refractivity contribution in [3.63, 3.8) is 0 Å². The monoisotopic (exact) mass is 259 g/mol. The summed E-state index contributed by atoms with van der Waals surface area (Å²) in [5, 5.41) is 11.6. The van der Waals surface area contributed by atoms with Gasteiger partial charge in [-0.3, -0.25) is 9.67 Å². The average Bonchev–Trinajstić information content (AvgIpc) is 2.84. The summed E-state index contributed by atoms with van der Waals surface area (Å²) in [6.45, 7) is 5.18. The topological polar surface area (TPSA) is 55.6 Å². The van der Waals surface area contributed by atoms with Gasteiger partial charge in [0.25, 0.3) is 0 Å². The van der Waals surface area contributed by atoms with E-state index in [9.17, 15) is 0 Å². The van der Waals surface area contributed by atoms with Crippen LogP contribution in [-0.4, -0.2) is 26.5 Å². The van der Waals surface area contributed by atoms with E-state index >= 15 is 0 Å². The molecule has 19 heavy (non-hydrogen) atoms. The molecule has 0 aromatic carbocycles. The summed E-state index contributed by atoms with van der Waals surface area (Å²) in [6.07, 6.45) is 5.62. The van der Waals surface area contributed by atoms with Gasteiger partial charge in [0.15, 0.2) is 0 Å². The Hall–Kier alpha value is -1.75. The lowest BCUT2D eigenvalue weighted by atomic mass is 10.0. The van der Waals surface area contributed by atoms with Crippen LogP contribution < -0.4 is 5.32 Å². The van der Waals surface area contributed by atoms with Crippen molar-refractivity contribution in [2.45, 2.75) is 32.7 Å². The molecule has 2 aromatic heterocycles. The van der Waals surface area contributed by atoms with E-state index in [1.807, 2.05) is 25.5 Å². The fourth-order valence-electron chi connectivity index (χ4n) is 2.27. The predicted molar refractivity (Wildman–Crippen MR) is 74.7 cm³/mol. The lowest BCUT2D eigenvalue weighted by molar-refractivity contribution is 0.526. The molecule has 2 heterocycles. The SMILES string of the molecule is CCNC(Cc1cn(C)nn1)c1ncccc1CC. The number of aromatic nitrogens is 4. The first kappa shape index (κ1) is 13.7. The number of nitrogens with one attached hydrogen (secondary N) is 1. The molecule has 0 aliphatic heterocycles. The lowest BCUT2D eigenvalue weighted by Gasteiger charge is -2.18. The average molecular weight is 259 g/mol. The molecule has 2 rings (SSSR count). The van der Waals surface area contributed by atoms with Gasteiger partial charge in [0.05, 0.1) is 17.4 Å². The maximum atomic E-state index is 4.55. The summed E-state index contributed by atoms with van der Waals surface area (Å²) in [5.41, 5.74) is 3.40. The number of nitrogens with zero attached hydrogens (tertiary/aromatic N) is 4. The van der Waals surface area contributed by atoms with Gasteiger partial charge in [-0.2, -0.15) is 0 Å². The summed E-state index contributed by atoms with van der Waals surface area (Å²) in [5.74, 6) is 0. The van der Waals surface area contributed by atoms with E-state index < -0.39 is 0 Å². The van der Waals surface area contributed by atoms with E-state index in [1.54, 1.807) is 4.68 Å². The van der Waals surface area contributed by atoms with Gasteiger partial charge in [0.1, 0.15) is 0 Å². The Morgan fingerprint density at radius 2 is 2.21 bits per heavy atom. The van der Waals surface area contributed by atoms with Crippen molar-refractivity contribution < 1.29 is 0 Å². The van der Waals surface area contributed by atoms with Crippen LogP contribution >= 0.6 is 0 Å². The lowest BCUT2D eigenvalue weighted by Crippen LogP contribution is -2.25. The van der Waals surface area contributed by atoms with Crippen LogP contribution in [0.2, 0.25) is 0 Å². The second-order valence-electron chi connectivity index (χ2n) is 4.60. The standard InChI is InChI=1S/C14H21N5/c1-4-11-7-6-8-16-14(11)13(15-5-2)9-12-10-19(3)18-17-12/h6-8,10,13,15H,4-5,9H2,1-3H3. The zero-order valence-electron chi connectivity index (χ0n) is 11.8. The second kappa shape index (κ2) is 6.43. The maximum absolute atomic E-state index is 4.55. The Balaban J connectivity index is 2.23. The van der Waals surface area contributed by atoms with Gasteiger partial charge >= 0.3 is 0 Å². The van der Waals surface area contributed by atoms with Crippen molar-refractivity contribution >= 4 is 0 Å². The van der Waals surface area contributed by atoms with Crippen molar-refractivity contribution in [2.75, 3.05) is 6.54 Å². The van der Waals surface area contributed by atoms with E-state index in [0.717, 1.165) is 30.8 Å². The van der Waals surface area contributed by atoms with Gasteiger partial charge in [0.2, 0.25) is 0 Å². The quantitative estimate of drug-likeness (QED) is 0.857. The van der Waals surface area contributed by atoms with Crippen LogP contribution in [0.5, 0.6) is 0 Å². The highest BCUT2D eigenvalue weighted by Crippen LogP contribution is 2.19. The van der Waals surface area contributed by atoms with E-state index in [4.69, 9.17) is 0 Å². The first-order valence-electron chi connectivity index (χ1n) is 6.77. The number of aryl methyl sites for hydroxylation is 2. The van der Waals surface area contributed by atoms with E-state index in [1.165, 1.54) is 5.56 Å². The number of pyridine rings is 1. The Morgan fingerprint density at radius 1 is 1.37 bits per heavy atom. The molecular formula is C14H21N5. The Labute approximate surface area is 114 Å². The van der Waals surface area contributed by atoms with Crippen LogP contribution in [0.15, 0.2) is 24.5 Å². The van der Waals surface area contributed by atoms with Gasteiger partial charge < -0.3 is 5.32 Å². The fourth-order valence-corrected chi connectivity index (χ4v) is 2.27. The van der Waals surface area contributed by atoms with Crippen molar-refractivity contribution in [1.82, 2.24) is 25.3 Å². The Bertz CT molecular complexity index is 520. The molecule has 1 N–H and O–H groups in total. The molecule has 0 saturated heterocycles. The highest BCUT2D eigenvalue weighted by molar-refractivity contribution is 5.24. The van der Waals surface area contributed by atoms with Crippen LogP contribution in [0.1, 0.15) is 36.8 Å². The molecule has 1 atom stereocenters. The summed E-state index contributed by atoms with van der Waals surface area (Å²) in [7, 11) is 1.89. The minimum atomic E-state index is 0.192. The van der Waals surface area contributed by atoms with E-state index in [2.05, 4.69) is 40.5 Å². The number of hydrogen-bond acceptors (Lipinski definition) is 4. The van der Waals surface area contributed by atoms with Gasteiger partial charge in [-0.15, -0.1) is 5.10 Å². The fraction of sp³-hybridized carbons (Fsp3) is 0.500. The molecule has 5 heteroatoms.